The zero-order valence-corrected chi connectivity index (χ0v) is 20.6. The number of likely N-dealkylation sites (tertiary alicyclic amines) is 1. The molecule has 0 saturated carbocycles. The number of fused-ring (bicyclic) bond motifs is 1. The van der Waals surface area contributed by atoms with Gasteiger partial charge in [-0.2, -0.15) is 0 Å². The number of piperidine rings is 1. The second-order valence-electron chi connectivity index (χ2n) is 8.71. The molecule has 1 saturated heterocycles. The van der Waals surface area contributed by atoms with Crippen molar-refractivity contribution < 1.29 is 14.1 Å². The maximum atomic E-state index is 12.7. The summed E-state index contributed by atoms with van der Waals surface area (Å²) < 4.78 is 13.8. The van der Waals surface area contributed by atoms with Gasteiger partial charge in [-0.1, -0.05) is 16.8 Å². The highest BCUT2D eigenvalue weighted by Crippen LogP contribution is 2.32. The molecule has 4 aromatic heterocycles. The third-order valence-corrected chi connectivity index (χ3v) is 7.34. The normalized spacial score (nSPS) is 15.3. The number of carbonyl (C=O) groups is 1. The highest BCUT2D eigenvalue weighted by molar-refractivity contribution is 7.19. The number of ether oxygens (including phenoxy) is 1. The topological polar surface area (TPSA) is 85.4 Å². The Balaban J connectivity index is 1.31. The van der Waals surface area contributed by atoms with Crippen molar-refractivity contribution in [1.29, 1.82) is 0 Å². The lowest BCUT2D eigenvalue weighted by Crippen LogP contribution is -2.47. The maximum absolute atomic E-state index is 12.7. The van der Waals surface area contributed by atoms with Gasteiger partial charge in [0.05, 0.1) is 15.8 Å². The average Bonchev–Trinajstić information content (AvgIpc) is 3.54. The van der Waals surface area contributed by atoms with Gasteiger partial charge in [-0.25, -0.2) is 9.78 Å². The molecule has 0 radical (unpaired) electrons. The van der Waals surface area contributed by atoms with Crippen molar-refractivity contribution in [3.63, 3.8) is 0 Å². The minimum absolute atomic E-state index is 0.106. The van der Waals surface area contributed by atoms with E-state index >= 15 is 0 Å². The zero-order valence-electron chi connectivity index (χ0n) is 19.0. The van der Waals surface area contributed by atoms with E-state index in [9.17, 15) is 4.79 Å². The van der Waals surface area contributed by atoms with Crippen LogP contribution < -0.4 is 10.1 Å². The Hall–Kier alpha value is -2.88. The van der Waals surface area contributed by atoms with Crippen LogP contribution in [0.25, 0.3) is 21.7 Å². The lowest BCUT2D eigenvalue weighted by molar-refractivity contribution is 0.151. The van der Waals surface area contributed by atoms with Crippen molar-refractivity contribution in [2.75, 3.05) is 13.1 Å². The molecule has 1 fully saturated rings. The molecule has 1 N–H and O–H groups in total. The quantitative estimate of drug-likeness (QED) is 0.381. The summed E-state index contributed by atoms with van der Waals surface area (Å²) in [7, 11) is 0. The monoisotopic (exact) mass is 499 g/mol. The van der Waals surface area contributed by atoms with Gasteiger partial charge in [0.15, 0.2) is 5.76 Å². The fraction of sp³-hybridized carbons (Fsp3) is 0.375. The summed E-state index contributed by atoms with van der Waals surface area (Å²) >= 11 is 7.47. The van der Waals surface area contributed by atoms with Gasteiger partial charge in [-0.05, 0) is 51.0 Å². The van der Waals surface area contributed by atoms with Gasteiger partial charge >= 0.3 is 6.09 Å². The molecule has 0 unspecified atom stereocenters. The van der Waals surface area contributed by atoms with Crippen molar-refractivity contribution in [1.82, 2.24) is 24.9 Å². The van der Waals surface area contributed by atoms with Gasteiger partial charge in [0.1, 0.15) is 11.3 Å². The number of nitrogens with one attached hydrogen (secondary N) is 1. The smallest absolute Gasteiger partial charge is 0.393 e. The first-order valence-electron chi connectivity index (χ1n) is 11.3. The van der Waals surface area contributed by atoms with E-state index in [2.05, 4.69) is 34.2 Å². The largest absolute Gasteiger partial charge is 0.414 e. The van der Waals surface area contributed by atoms with Crippen LogP contribution in [0.1, 0.15) is 32.4 Å². The second-order valence-corrected chi connectivity index (χ2v) is 10.4. The predicted molar refractivity (Wildman–Crippen MR) is 133 cm³/mol. The molecule has 0 aromatic carbocycles. The third kappa shape index (κ3) is 4.96. The van der Waals surface area contributed by atoms with Crippen LogP contribution in [0.3, 0.4) is 0 Å². The standard InChI is InChI=1S/C24H26ClN5O3S/c1-15(2)29-10-7-17(8-11-29)27-24(31)32-22-12-16-4-3-9-26-23(16)30(22)14-18-13-19(33-28-18)20-5-6-21(25)34-20/h3-6,9,12-13,15,17H,7-8,10-11,14H2,1-2H3,(H,27,31). The van der Waals surface area contributed by atoms with Gasteiger partial charge < -0.3 is 19.5 Å². The Labute approximate surface area is 206 Å². The molecule has 0 spiro atoms. The van der Waals surface area contributed by atoms with E-state index in [-0.39, 0.29) is 6.04 Å². The minimum atomic E-state index is -0.457. The van der Waals surface area contributed by atoms with E-state index < -0.39 is 6.09 Å². The summed E-state index contributed by atoms with van der Waals surface area (Å²) in [6, 6.07) is 11.8. The van der Waals surface area contributed by atoms with E-state index in [1.54, 1.807) is 6.20 Å². The van der Waals surface area contributed by atoms with Crippen LogP contribution in [-0.2, 0) is 6.54 Å². The molecular weight excluding hydrogens is 474 g/mol. The Kier molecular flexibility index (Phi) is 6.58. The summed E-state index contributed by atoms with van der Waals surface area (Å²) in [4.78, 5) is 20.6. The van der Waals surface area contributed by atoms with Crippen molar-refractivity contribution in [2.24, 2.45) is 0 Å². The number of rotatable bonds is 6. The number of hydrogen-bond acceptors (Lipinski definition) is 7. The minimum Gasteiger partial charge on any atom is -0.393 e. The Bertz CT molecular complexity index is 1290. The van der Waals surface area contributed by atoms with Gasteiger partial charge in [-0.3, -0.25) is 4.57 Å². The van der Waals surface area contributed by atoms with Crippen LogP contribution in [0, 0.1) is 0 Å². The molecule has 1 amide bonds. The van der Waals surface area contributed by atoms with Crippen LogP contribution in [0.2, 0.25) is 4.34 Å². The van der Waals surface area contributed by atoms with Gasteiger partial charge in [-0.15, -0.1) is 11.3 Å². The fourth-order valence-electron chi connectivity index (χ4n) is 4.26. The van der Waals surface area contributed by atoms with Crippen LogP contribution in [-0.4, -0.2) is 50.9 Å². The van der Waals surface area contributed by atoms with E-state index in [1.165, 1.54) is 11.3 Å². The van der Waals surface area contributed by atoms with Crippen molar-refractivity contribution >= 4 is 40.1 Å². The van der Waals surface area contributed by atoms with Crippen molar-refractivity contribution in [3.8, 4) is 16.5 Å². The first kappa shape index (κ1) is 22.9. The molecule has 5 heterocycles. The van der Waals surface area contributed by atoms with E-state index in [0.29, 0.717) is 39.9 Å². The lowest BCUT2D eigenvalue weighted by Gasteiger charge is -2.34. The molecule has 0 aliphatic carbocycles. The van der Waals surface area contributed by atoms with E-state index in [1.807, 2.05) is 41.0 Å². The maximum Gasteiger partial charge on any atom is 0.414 e. The average molecular weight is 500 g/mol. The first-order valence-corrected chi connectivity index (χ1v) is 12.5. The number of amides is 1. The van der Waals surface area contributed by atoms with E-state index in [0.717, 1.165) is 36.2 Å². The highest BCUT2D eigenvalue weighted by atomic mass is 35.5. The molecule has 1 aliphatic heterocycles. The summed E-state index contributed by atoms with van der Waals surface area (Å²) in [5.41, 5.74) is 1.40. The van der Waals surface area contributed by atoms with Gasteiger partial charge in [0.25, 0.3) is 0 Å². The molecule has 34 heavy (non-hydrogen) atoms. The molecule has 178 valence electrons. The van der Waals surface area contributed by atoms with Crippen LogP contribution in [0.4, 0.5) is 4.79 Å². The lowest BCUT2D eigenvalue weighted by atomic mass is 10.0. The van der Waals surface area contributed by atoms with Crippen molar-refractivity contribution in [2.45, 2.75) is 45.3 Å². The number of carbonyl (C=O) groups excluding carboxylic acids is 1. The molecule has 8 nitrogen and oxygen atoms in total. The molecule has 0 atom stereocenters. The third-order valence-electron chi connectivity index (χ3n) is 6.09. The summed E-state index contributed by atoms with van der Waals surface area (Å²) in [6.07, 6.45) is 3.08. The molecular formula is C24H26ClN5O3S. The van der Waals surface area contributed by atoms with E-state index in [4.69, 9.17) is 20.9 Å². The number of halogens is 1. The fourth-order valence-corrected chi connectivity index (χ4v) is 5.25. The molecule has 10 heteroatoms. The molecule has 1 aliphatic rings. The molecule has 0 bridgehead atoms. The number of nitrogens with zero attached hydrogens (tertiary/aromatic N) is 4. The number of aromatic nitrogens is 3. The number of hydrogen-bond donors (Lipinski definition) is 1. The predicted octanol–water partition coefficient (Wildman–Crippen LogP) is 5.42. The van der Waals surface area contributed by atoms with Gasteiger partial charge in [0.2, 0.25) is 5.88 Å². The molecule has 5 rings (SSSR count). The Morgan fingerprint density at radius 3 is 2.85 bits per heavy atom. The SMILES string of the molecule is CC(C)N1CCC(NC(=O)Oc2cc3cccnc3n2Cc2cc(-c3ccc(Cl)s3)on2)CC1. The summed E-state index contributed by atoms with van der Waals surface area (Å²) in [6.45, 7) is 6.68. The number of thiophene rings is 1. The Morgan fingerprint density at radius 1 is 1.29 bits per heavy atom. The first-order chi connectivity index (χ1) is 16.5. The zero-order chi connectivity index (χ0) is 23.7. The number of pyridine rings is 1. The van der Waals surface area contributed by atoms with Crippen molar-refractivity contribution in [3.05, 3.63) is 52.6 Å². The second kappa shape index (κ2) is 9.77. The Morgan fingerprint density at radius 2 is 2.12 bits per heavy atom. The summed E-state index contributed by atoms with van der Waals surface area (Å²) in [5, 5.41) is 8.10. The van der Waals surface area contributed by atoms with Crippen LogP contribution >= 0.6 is 22.9 Å². The van der Waals surface area contributed by atoms with Gasteiger partial charge in [0, 0.05) is 48.9 Å². The van der Waals surface area contributed by atoms with Crippen LogP contribution in [0.15, 0.2) is 47.1 Å². The highest BCUT2D eigenvalue weighted by Gasteiger charge is 2.24. The van der Waals surface area contributed by atoms with Crippen LogP contribution in [0.5, 0.6) is 5.88 Å². The molecule has 4 aromatic rings. The summed E-state index contributed by atoms with van der Waals surface area (Å²) in [5.74, 6) is 1.05.